The van der Waals surface area contributed by atoms with Crippen LogP contribution in [0.1, 0.15) is 13.3 Å². The molecule has 1 aromatic carbocycles. The lowest BCUT2D eigenvalue weighted by molar-refractivity contribution is -0.126. The van der Waals surface area contributed by atoms with Crippen LogP contribution in [0.15, 0.2) is 23.1 Å². The maximum absolute atomic E-state index is 13.7. The molecule has 110 valence electrons. The van der Waals surface area contributed by atoms with Crippen molar-refractivity contribution >= 4 is 15.9 Å². The second-order valence-corrected chi connectivity index (χ2v) is 6.26. The molecule has 1 atom stereocenters. The number of rotatable bonds is 3. The fourth-order valence-corrected chi connectivity index (χ4v) is 3.89. The lowest BCUT2D eigenvalue weighted by Crippen LogP contribution is -2.56. The van der Waals surface area contributed by atoms with Crippen LogP contribution in [-0.4, -0.2) is 37.8 Å². The van der Waals surface area contributed by atoms with E-state index < -0.39 is 38.5 Å². The van der Waals surface area contributed by atoms with E-state index >= 15 is 0 Å². The zero-order chi connectivity index (χ0) is 14.9. The molecule has 1 unspecified atom stereocenters. The molecule has 0 saturated carbocycles. The molecule has 0 radical (unpaired) electrons. The molecule has 5 nitrogen and oxygen atoms in total. The highest BCUT2D eigenvalue weighted by Crippen LogP contribution is 2.24. The molecule has 1 amide bonds. The molecule has 1 N–H and O–H groups in total. The standard InChI is InChI=1S/C12H14F2N2O3S/c1-2-10-12(17)15-5-6-16(10)20(18,19)11-4-3-8(13)7-9(11)14/h3-4,7,10H,2,5-6H2,1H3,(H,15,17). The third kappa shape index (κ3) is 2.53. The molecule has 1 saturated heterocycles. The maximum atomic E-state index is 13.7. The number of benzene rings is 1. The van der Waals surface area contributed by atoms with Gasteiger partial charge < -0.3 is 5.32 Å². The number of nitrogens with one attached hydrogen (secondary N) is 1. The Balaban J connectivity index is 2.45. The predicted octanol–water partition coefficient (Wildman–Crippen LogP) is 0.864. The number of carbonyl (C=O) groups is 1. The zero-order valence-corrected chi connectivity index (χ0v) is 11.6. The summed E-state index contributed by atoms with van der Waals surface area (Å²) >= 11 is 0. The fourth-order valence-electron chi connectivity index (χ4n) is 2.18. The lowest BCUT2D eigenvalue weighted by Gasteiger charge is -2.33. The van der Waals surface area contributed by atoms with Gasteiger partial charge in [-0.2, -0.15) is 4.31 Å². The summed E-state index contributed by atoms with van der Waals surface area (Å²) in [4.78, 5) is 11.1. The summed E-state index contributed by atoms with van der Waals surface area (Å²) in [5.41, 5.74) is 0. The highest BCUT2D eigenvalue weighted by molar-refractivity contribution is 7.89. The van der Waals surface area contributed by atoms with Crippen molar-refractivity contribution < 1.29 is 22.0 Å². The van der Waals surface area contributed by atoms with Gasteiger partial charge in [-0.25, -0.2) is 17.2 Å². The van der Waals surface area contributed by atoms with E-state index in [0.29, 0.717) is 6.07 Å². The molecule has 0 bridgehead atoms. The third-order valence-corrected chi connectivity index (χ3v) is 5.09. The Morgan fingerprint density at radius 2 is 2.10 bits per heavy atom. The van der Waals surface area contributed by atoms with Crippen molar-refractivity contribution in [1.29, 1.82) is 0 Å². The Bertz CT molecular complexity index is 634. The molecule has 1 aliphatic rings. The number of piperazine rings is 1. The minimum atomic E-state index is -4.17. The molecule has 1 heterocycles. The van der Waals surface area contributed by atoms with Gasteiger partial charge in [-0.1, -0.05) is 6.92 Å². The monoisotopic (exact) mass is 304 g/mol. The fraction of sp³-hybridized carbons (Fsp3) is 0.417. The van der Waals surface area contributed by atoms with Crippen LogP contribution in [0.4, 0.5) is 8.78 Å². The van der Waals surface area contributed by atoms with Gasteiger partial charge in [-0.3, -0.25) is 4.79 Å². The molecule has 0 spiro atoms. The molecular formula is C12H14F2N2O3S. The molecular weight excluding hydrogens is 290 g/mol. The zero-order valence-electron chi connectivity index (χ0n) is 10.8. The van der Waals surface area contributed by atoms with Crippen LogP contribution in [0.5, 0.6) is 0 Å². The summed E-state index contributed by atoms with van der Waals surface area (Å²) in [5.74, 6) is -2.43. The van der Waals surface area contributed by atoms with Gasteiger partial charge >= 0.3 is 0 Å². The minimum Gasteiger partial charge on any atom is -0.353 e. The molecule has 0 aliphatic carbocycles. The first-order chi connectivity index (χ1) is 9.37. The Labute approximate surface area is 115 Å². The number of halogens is 2. The van der Waals surface area contributed by atoms with Crippen LogP contribution < -0.4 is 5.32 Å². The normalized spacial score (nSPS) is 20.8. The second-order valence-electron chi connectivity index (χ2n) is 4.41. The molecule has 1 fully saturated rings. The quantitative estimate of drug-likeness (QED) is 0.901. The van der Waals surface area contributed by atoms with Gasteiger partial charge in [0.05, 0.1) is 0 Å². The van der Waals surface area contributed by atoms with Gasteiger partial charge in [-0.15, -0.1) is 0 Å². The summed E-state index contributed by atoms with van der Waals surface area (Å²) < 4.78 is 52.3. The van der Waals surface area contributed by atoms with Crippen LogP contribution in [0, 0.1) is 11.6 Å². The Hall–Kier alpha value is -1.54. The van der Waals surface area contributed by atoms with Crippen LogP contribution in [0.25, 0.3) is 0 Å². The molecule has 2 rings (SSSR count). The number of nitrogens with zero attached hydrogens (tertiary/aromatic N) is 1. The summed E-state index contributed by atoms with van der Waals surface area (Å²) in [7, 11) is -4.17. The van der Waals surface area contributed by atoms with Crippen molar-refractivity contribution in [2.45, 2.75) is 24.3 Å². The van der Waals surface area contributed by atoms with E-state index in [4.69, 9.17) is 0 Å². The van der Waals surface area contributed by atoms with Gasteiger partial charge in [0.25, 0.3) is 0 Å². The number of sulfonamides is 1. The first kappa shape index (κ1) is 14.9. The first-order valence-electron chi connectivity index (χ1n) is 6.12. The summed E-state index contributed by atoms with van der Waals surface area (Å²) in [6.45, 7) is 1.89. The van der Waals surface area contributed by atoms with E-state index in [2.05, 4.69) is 5.32 Å². The van der Waals surface area contributed by atoms with Crippen molar-refractivity contribution in [2.75, 3.05) is 13.1 Å². The summed E-state index contributed by atoms with van der Waals surface area (Å²) in [5, 5.41) is 2.56. The highest BCUT2D eigenvalue weighted by atomic mass is 32.2. The minimum absolute atomic E-state index is 0.0589. The van der Waals surface area contributed by atoms with Crippen molar-refractivity contribution in [2.24, 2.45) is 0 Å². The molecule has 8 heteroatoms. The van der Waals surface area contributed by atoms with E-state index in [1.807, 2.05) is 0 Å². The van der Waals surface area contributed by atoms with Crippen LogP contribution in [0.2, 0.25) is 0 Å². The molecule has 1 aromatic rings. The molecule has 20 heavy (non-hydrogen) atoms. The van der Waals surface area contributed by atoms with E-state index in [9.17, 15) is 22.0 Å². The van der Waals surface area contributed by atoms with Crippen molar-refractivity contribution in [3.63, 3.8) is 0 Å². The Morgan fingerprint density at radius 3 is 2.70 bits per heavy atom. The van der Waals surface area contributed by atoms with Gasteiger partial charge in [0.15, 0.2) is 0 Å². The van der Waals surface area contributed by atoms with Crippen LogP contribution in [-0.2, 0) is 14.8 Å². The number of hydrogen-bond acceptors (Lipinski definition) is 3. The smallest absolute Gasteiger partial charge is 0.246 e. The largest absolute Gasteiger partial charge is 0.353 e. The SMILES string of the molecule is CCC1C(=O)NCCN1S(=O)(=O)c1ccc(F)cc1F. The molecule has 0 aromatic heterocycles. The third-order valence-electron chi connectivity index (χ3n) is 3.15. The topological polar surface area (TPSA) is 66.5 Å². The number of carbonyl (C=O) groups excluding carboxylic acids is 1. The second kappa shape index (κ2) is 5.45. The number of amides is 1. The Kier molecular flexibility index (Phi) is 4.05. The van der Waals surface area contributed by atoms with Crippen LogP contribution >= 0.6 is 0 Å². The summed E-state index contributed by atoms with van der Waals surface area (Å²) in [6.07, 6.45) is 0.272. The van der Waals surface area contributed by atoms with Crippen LogP contribution in [0.3, 0.4) is 0 Å². The summed E-state index contributed by atoms with van der Waals surface area (Å²) in [6, 6.07) is 1.39. The van der Waals surface area contributed by atoms with E-state index in [1.54, 1.807) is 6.92 Å². The van der Waals surface area contributed by atoms with Gasteiger partial charge in [-0.05, 0) is 18.6 Å². The first-order valence-corrected chi connectivity index (χ1v) is 7.56. The van der Waals surface area contributed by atoms with E-state index in [-0.39, 0.29) is 19.5 Å². The highest BCUT2D eigenvalue weighted by Gasteiger charge is 2.38. The molecule has 1 aliphatic heterocycles. The van der Waals surface area contributed by atoms with Gasteiger partial charge in [0, 0.05) is 19.2 Å². The maximum Gasteiger partial charge on any atom is 0.246 e. The van der Waals surface area contributed by atoms with Gasteiger partial charge in [0.1, 0.15) is 22.6 Å². The average Bonchev–Trinajstić information content (AvgIpc) is 2.37. The predicted molar refractivity (Wildman–Crippen MR) is 67.3 cm³/mol. The van der Waals surface area contributed by atoms with Crippen molar-refractivity contribution in [3.8, 4) is 0 Å². The Morgan fingerprint density at radius 1 is 1.40 bits per heavy atom. The van der Waals surface area contributed by atoms with E-state index in [1.165, 1.54) is 0 Å². The average molecular weight is 304 g/mol. The van der Waals surface area contributed by atoms with Crippen molar-refractivity contribution in [3.05, 3.63) is 29.8 Å². The lowest BCUT2D eigenvalue weighted by atomic mass is 10.2. The van der Waals surface area contributed by atoms with Crippen molar-refractivity contribution in [1.82, 2.24) is 9.62 Å². The number of hydrogen-bond donors (Lipinski definition) is 1. The van der Waals surface area contributed by atoms with E-state index in [0.717, 1.165) is 16.4 Å². The van der Waals surface area contributed by atoms with Gasteiger partial charge in [0.2, 0.25) is 15.9 Å².